The fraction of sp³-hybridized carbons (Fsp3) is 0.214. The Morgan fingerprint density at radius 3 is 1.85 bits per heavy atom. The summed E-state index contributed by atoms with van der Waals surface area (Å²) in [4.78, 5) is 25.2. The predicted molar refractivity (Wildman–Crippen MR) is 131 cm³/mol. The zero-order chi connectivity index (χ0) is 24.7. The second kappa shape index (κ2) is 11.2. The lowest BCUT2D eigenvalue weighted by molar-refractivity contribution is 0.0733. The van der Waals surface area contributed by atoms with Crippen molar-refractivity contribution in [1.82, 2.24) is 0 Å². The van der Waals surface area contributed by atoms with Crippen LogP contribution in [0.2, 0.25) is 0 Å². The van der Waals surface area contributed by atoms with Crippen molar-refractivity contribution in [2.45, 2.75) is 19.8 Å². The van der Waals surface area contributed by atoms with E-state index in [9.17, 15) is 9.59 Å². The lowest BCUT2D eigenvalue weighted by Crippen LogP contribution is -2.10. The third kappa shape index (κ3) is 5.84. The molecule has 176 valence electrons. The van der Waals surface area contributed by atoms with Crippen molar-refractivity contribution in [1.29, 1.82) is 0 Å². The zero-order valence-electron chi connectivity index (χ0n) is 20.0. The average molecular weight is 461 g/mol. The largest absolute Gasteiger partial charge is 0.493 e. The molecule has 0 aliphatic heterocycles. The predicted octanol–water partition coefficient (Wildman–Crippen LogP) is 5.95. The van der Waals surface area contributed by atoms with Gasteiger partial charge in [-0.05, 0) is 59.5 Å². The summed E-state index contributed by atoms with van der Waals surface area (Å²) in [7, 11) is 4.42. The van der Waals surface area contributed by atoms with Gasteiger partial charge in [-0.2, -0.15) is 0 Å². The number of carbonyl (C=O) groups is 2. The first-order chi connectivity index (χ1) is 16.4. The van der Waals surface area contributed by atoms with Crippen molar-refractivity contribution in [3.8, 4) is 23.0 Å². The monoisotopic (exact) mass is 460 g/mol. The number of carbonyl (C=O) groups excluding carboxylic acids is 2. The number of hydrogen-bond acceptors (Lipinski definition) is 6. The van der Waals surface area contributed by atoms with Gasteiger partial charge >= 0.3 is 5.97 Å². The number of ketones is 1. The molecule has 3 aromatic rings. The van der Waals surface area contributed by atoms with E-state index in [0.29, 0.717) is 34.5 Å². The Balaban J connectivity index is 1.68. The summed E-state index contributed by atoms with van der Waals surface area (Å²) in [5.74, 6) is 1.11. The number of methoxy groups -OCH3 is 3. The van der Waals surface area contributed by atoms with Crippen LogP contribution in [0.25, 0.3) is 6.08 Å². The Labute approximate surface area is 199 Å². The molecule has 0 heterocycles. The average Bonchev–Trinajstić information content (AvgIpc) is 2.86. The van der Waals surface area contributed by atoms with Crippen molar-refractivity contribution in [2.75, 3.05) is 21.3 Å². The lowest BCUT2D eigenvalue weighted by atomic mass is 10.0. The standard InChI is InChI=1S/C28H28O6/c1-18(2)20-9-6-19(7-10-20)8-15-24(29)21-11-13-23(14-12-21)34-28(30)22-16-25(31-3)27(33-5)26(17-22)32-4/h6-18H,1-5H3/b15-8+. The first-order valence-electron chi connectivity index (χ1n) is 10.8. The maximum Gasteiger partial charge on any atom is 0.343 e. The molecule has 0 unspecified atom stereocenters. The number of esters is 1. The molecule has 34 heavy (non-hydrogen) atoms. The highest BCUT2D eigenvalue weighted by Gasteiger charge is 2.18. The van der Waals surface area contributed by atoms with Crippen molar-refractivity contribution in [3.05, 3.63) is 89.0 Å². The molecule has 0 aliphatic carbocycles. The third-order valence-corrected chi connectivity index (χ3v) is 5.28. The molecule has 0 amide bonds. The van der Waals surface area contributed by atoms with Gasteiger partial charge in [0.2, 0.25) is 5.75 Å². The van der Waals surface area contributed by atoms with Crippen LogP contribution in [0.15, 0.2) is 66.7 Å². The second-order valence-electron chi connectivity index (χ2n) is 7.85. The van der Waals surface area contributed by atoms with Crippen LogP contribution in [0.3, 0.4) is 0 Å². The van der Waals surface area contributed by atoms with E-state index in [1.54, 1.807) is 30.3 Å². The van der Waals surface area contributed by atoms with Crippen molar-refractivity contribution in [3.63, 3.8) is 0 Å². The van der Waals surface area contributed by atoms with Gasteiger partial charge in [0, 0.05) is 5.56 Å². The highest BCUT2D eigenvalue weighted by atomic mass is 16.5. The second-order valence-corrected chi connectivity index (χ2v) is 7.85. The minimum absolute atomic E-state index is 0.143. The summed E-state index contributed by atoms with van der Waals surface area (Å²) < 4.78 is 21.3. The van der Waals surface area contributed by atoms with Crippen molar-refractivity contribution in [2.24, 2.45) is 0 Å². The Bertz CT molecular complexity index is 1150. The Morgan fingerprint density at radius 1 is 0.765 bits per heavy atom. The van der Waals surface area contributed by atoms with E-state index >= 15 is 0 Å². The normalized spacial score (nSPS) is 10.9. The zero-order valence-corrected chi connectivity index (χ0v) is 20.0. The summed E-state index contributed by atoms with van der Waals surface area (Å²) in [6.07, 6.45) is 3.31. The first-order valence-corrected chi connectivity index (χ1v) is 10.8. The smallest absolute Gasteiger partial charge is 0.343 e. The molecule has 3 aromatic carbocycles. The van der Waals surface area contributed by atoms with Crippen LogP contribution in [-0.4, -0.2) is 33.1 Å². The van der Waals surface area contributed by atoms with Crippen LogP contribution in [0, 0.1) is 0 Å². The topological polar surface area (TPSA) is 71.1 Å². The van der Waals surface area contributed by atoms with E-state index < -0.39 is 5.97 Å². The van der Waals surface area contributed by atoms with Gasteiger partial charge in [-0.1, -0.05) is 44.2 Å². The van der Waals surface area contributed by atoms with E-state index in [0.717, 1.165) is 5.56 Å². The summed E-state index contributed by atoms with van der Waals surface area (Å²) in [6, 6.07) is 17.5. The van der Waals surface area contributed by atoms with E-state index in [4.69, 9.17) is 18.9 Å². The number of hydrogen-bond donors (Lipinski definition) is 0. The summed E-state index contributed by atoms with van der Waals surface area (Å²) in [6.45, 7) is 4.28. The lowest BCUT2D eigenvalue weighted by Gasteiger charge is -2.13. The molecular formula is C28H28O6. The van der Waals surface area contributed by atoms with Crippen molar-refractivity contribution < 1.29 is 28.5 Å². The van der Waals surface area contributed by atoms with E-state index in [1.807, 2.05) is 12.1 Å². The summed E-state index contributed by atoms with van der Waals surface area (Å²) in [5.41, 5.74) is 2.93. The minimum Gasteiger partial charge on any atom is -0.493 e. The highest BCUT2D eigenvalue weighted by molar-refractivity contribution is 6.06. The molecule has 0 N–H and O–H groups in total. The molecule has 0 saturated carbocycles. The molecule has 0 bridgehead atoms. The Morgan fingerprint density at radius 2 is 1.35 bits per heavy atom. The fourth-order valence-electron chi connectivity index (χ4n) is 3.31. The number of benzene rings is 3. The van der Waals surface area contributed by atoms with E-state index in [2.05, 4.69) is 26.0 Å². The molecule has 3 rings (SSSR count). The number of ether oxygens (including phenoxy) is 4. The first kappa shape index (κ1) is 24.6. The number of rotatable bonds is 9. The van der Waals surface area contributed by atoms with E-state index in [-0.39, 0.29) is 11.3 Å². The van der Waals surface area contributed by atoms with Gasteiger partial charge in [0.05, 0.1) is 26.9 Å². The molecule has 0 aliphatic rings. The third-order valence-electron chi connectivity index (χ3n) is 5.28. The van der Waals surface area contributed by atoms with Gasteiger partial charge in [0.25, 0.3) is 0 Å². The molecule has 0 atom stereocenters. The summed E-state index contributed by atoms with van der Waals surface area (Å²) in [5, 5.41) is 0. The van der Waals surface area contributed by atoms with E-state index in [1.165, 1.54) is 45.1 Å². The molecule has 0 fully saturated rings. The van der Waals surface area contributed by atoms with Gasteiger partial charge < -0.3 is 18.9 Å². The van der Waals surface area contributed by atoms with Crippen LogP contribution in [0.5, 0.6) is 23.0 Å². The van der Waals surface area contributed by atoms with Gasteiger partial charge in [-0.3, -0.25) is 4.79 Å². The van der Waals surface area contributed by atoms with Crippen LogP contribution in [-0.2, 0) is 0 Å². The fourth-order valence-corrected chi connectivity index (χ4v) is 3.31. The molecule has 0 saturated heterocycles. The quantitative estimate of drug-likeness (QED) is 0.170. The Hall–Kier alpha value is -4.06. The molecule has 0 radical (unpaired) electrons. The van der Waals surface area contributed by atoms with Crippen LogP contribution >= 0.6 is 0 Å². The van der Waals surface area contributed by atoms with Crippen LogP contribution in [0.4, 0.5) is 0 Å². The molecule has 6 heteroatoms. The SMILES string of the molecule is COc1cc(C(=O)Oc2ccc(C(=O)/C=C/c3ccc(C(C)C)cc3)cc2)cc(OC)c1OC. The summed E-state index contributed by atoms with van der Waals surface area (Å²) >= 11 is 0. The Kier molecular flexibility index (Phi) is 8.09. The number of allylic oxidation sites excluding steroid dienone is 1. The van der Waals surface area contributed by atoms with Crippen LogP contribution in [0.1, 0.15) is 51.6 Å². The van der Waals surface area contributed by atoms with Crippen LogP contribution < -0.4 is 18.9 Å². The van der Waals surface area contributed by atoms with Gasteiger partial charge in [-0.15, -0.1) is 0 Å². The molecule has 6 nitrogen and oxygen atoms in total. The maximum atomic E-state index is 12.6. The van der Waals surface area contributed by atoms with Crippen molar-refractivity contribution >= 4 is 17.8 Å². The highest BCUT2D eigenvalue weighted by Crippen LogP contribution is 2.38. The van der Waals surface area contributed by atoms with Gasteiger partial charge in [-0.25, -0.2) is 4.79 Å². The van der Waals surface area contributed by atoms with Gasteiger partial charge in [0.15, 0.2) is 17.3 Å². The minimum atomic E-state index is -0.594. The van der Waals surface area contributed by atoms with Gasteiger partial charge in [0.1, 0.15) is 5.75 Å². The molecule has 0 spiro atoms. The maximum absolute atomic E-state index is 12.6. The molecule has 0 aromatic heterocycles. The molecular weight excluding hydrogens is 432 g/mol.